The van der Waals surface area contributed by atoms with Crippen LogP contribution in [0.2, 0.25) is 5.02 Å². The van der Waals surface area contributed by atoms with E-state index in [9.17, 15) is 9.59 Å². The van der Waals surface area contributed by atoms with Gasteiger partial charge >= 0.3 is 0 Å². The number of nitrogens with one attached hydrogen (secondary N) is 1. The summed E-state index contributed by atoms with van der Waals surface area (Å²) in [7, 11) is 0. The minimum Gasteiger partial charge on any atom is -0.479 e. The van der Waals surface area contributed by atoms with Crippen molar-refractivity contribution < 1.29 is 14.3 Å². The van der Waals surface area contributed by atoms with Gasteiger partial charge in [0.05, 0.1) is 11.7 Å². The lowest BCUT2D eigenvalue weighted by atomic mass is 10.1. The number of para-hydroxylation sites is 2. The Morgan fingerprint density at radius 1 is 1.17 bits per heavy atom. The van der Waals surface area contributed by atoms with Crippen LogP contribution in [0.5, 0.6) is 5.75 Å². The molecule has 1 N–H and O–H groups in total. The standard InChI is InChI=1S/C23H26ClN3O3/c1-16-23(29)27(19-10-4-5-11-21(19)30-16)15-22(28)25-14-20(26-12-6-7-13-26)17-8-2-3-9-18(17)24/h2-5,8-11,16,20H,6-7,12-15H2,1H3,(H,25,28)/t16-,20+/m1/s1. The number of benzene rings is 2. The van der Waals surface area contributed by atoms with Gasteiger partial charge in [0.15, 0.2) is 6.10 Å². The fourth-order valence-corrected chi connectivity index (χ4v) is 4.43. The van der Waals surface area contributed by atoms with Gasteiger partial charge in [0.25, 0.3) is 5.91 Å². The second kappa shape index (κ2) is 9.06. The fraction of sp³-hybridized carbons (Fsp3) is 0.391. The zero-order chi connectivity index (χ0) is 21.1. The van der Waals surface area contributed by atoms with Gasteiger partial charge in [0, 0.05) is 11.6 Å². The van der Waals surface area contributed by atoms with Gasteiger partial charge < -0.3 is 10.1 Å². The van der Waals surface area contributed by atoms with E-state index in [1.165, 1.54) is 4.90 Å². The van der Waals surface area contributed by atoms with E-state index < -0.39 is 6.10 Å². The highest BCUT2D eigenvalue weighted by Gasteiger charge is 2.33. The van der Waals surface area contributed by atoms with Crippen molar-refractivity contribution in [2.75, 3.05) is 31.1 Å². The van der Waals surface area contributed by atoms with E-state index in [0.717, 1.165) is 31.5 Å². The summed E-state index contributed by atoms with van der Waals surface area (Å²) in [6.07, 6.45) is 1.67. The van der Waals surface area contributed by atoms with Gasteiger partial charge in [-0.05, 0) is 56.6 Å². The van der Waals surface area contributed by atoms with Crippen molar-refractivity contribution in [1.29, 1.82) is 0 Å². The predicted molar refractivity (Wildman–Crippen MR) is 117 cm³/mol. The Morgan fingerprint density at radius 3 is 2.63 bits per heavy atom. The molecule has 0 aliphatic carbocycles. The molecule has 2 aromatic carbocycles. The fourth-order valence-electron chi connectivity index (χ4n) is 4.17. The van der Waals surface area contributed by atoms with Crippen molar-refractivity contribution in [1.82, 2.24) is 10.2 Å². The maximum absolute atomic E-state index is 12.8. The van der Waals surface area contributed by atoms with E-state index in [1.54, 1.807) is 13.0 Å². The summed E-state index contributed by atoms with van der Waals surface area (Å²) >= 11 is 6.45. The Labute approximate surface area is 181 Å². The first-order valence-electron chi connectivity index (χ1n) is 10.4. The van der Waals surface area contributed by atoms with E-state index in [1.807, 2.05) is 42.5 Å². The first kappa shape index (κ1) is 20.7. The number of nitrogens with zero attached hydrogens (tertiary/aromatic N) is 2. The van der Waals surface area contributed by atoms with Crippen LogP contribution in [0.1, 0.15) is 31.4 Å². The van der Waals surface area contributed by atoms with E-state index in [4.69, 9.17) is 16.3 Å². The van der Waals surface area contributed by atoms with Crippen LogP contribution in [0.15, 0.2) is 48.5 Å². The molecule has 6 nitrogen and oxygen atoms in total. The molecule has 158 valence electrons. The number of carbonyl (C=O) groups is 2. The lowest BCUT2D eigenvalue weighted by Crippen LogP contribution is -2.49. The number of carbonyl (C=O) groups excluding carboxylic acids is 2. The first-order valence-corrected chi connectivity index (χ1v) is 10.7. The number of halogens is 1. The summed E-state index contributed by atoms with van der Waals surface area (Å²) < 4.78 is 5.65. The number of likely N-dealkylation sites (tertiary alicyclic amines) is 1. The molecule has 0 radical (unpaired) electrons. The maximum Gasteiger partial charge on any atom is 0.268 e. The third kappa shape index (κ3) is 4.30. The van der Waals surface area contributed by atoms with Crippen LogP contribution in [0.4, 0.5) is 5.69 Å². The van der Waals surface area contributed by atoms with Gasteiger partial charge in [-0.3, -0.25) is 19.4 Å². The highest BCUT2D eigenvalue weighted by Crippen LogP contribution is 2.33. The van der Waals surface area contributed by atoms with Crippen molar-refractivity contribution in [3.63, 3.8) is 0 Å². The summed E-state index contributed by atoms with van der Waals surface area (Å²) in [5, 5.41) is 3.73. The van der Waals surface area contributed by atoms with Crippen molar-refractivity contribution in [2.24, 2.45) is 0 Å². The van der Waals surface area contributed by atoms with Gasteiger partial charge in [-0.2, -0.15) is 0 Å². The zero-order valence-electron chi connectivity index (χ0n) is 17.0. The molecule has 2 aliphatic heterocycles. The number of fused-ring (bicyclic) bond motifs is 1. The number of anilines is 1. The Balaban J connectivity index is 1.46. The quantitative estimate of drug-likeness (QED) is 0.767. The van der Waals surface area contributed by atoms with E-state index in [0.29, 0.717) is 23.0 Å². The molecule has 0 bridgehead atoms. The number of hydrogen-bond donors (Lipinski definition) is 1. The molecule has 1 saturated heterocycles. The van der Waals surface area contributed by atoms with E-state index in [2.05, 4.69) is 10.2 Å². The first-order chi connectivity index (χ1) is 14.5. The van der Waals surface area contributed by atoms with Gasteiger partial charge in [-0.1, -0.05) is 41.9 Å². The topological polar surface area (TPSA) is 61.9 Å². The summed E-state index contributed by atoms with van der Waals surface area (Å²) in [4.78, 5) is 29.3. The highest BCUT2D eigenvalue weighted by molar-refractivity contribution is 6.31. The van der Waals surface area contributed by atoms with Crippen LogP contribution in [0, 0.1) is 0 Å². The Bertz CT molecular complexity index is 929. The van der Waals surface area contributed by atoms with E-state index in [-0.39, 0.29) is 24.4 Å². The summed E-state index contributed by atoms with van der Waals surface area (Å²) in [5.74, 6) is 0.193. The lowest BCUT2D eigenvalue weighted by Gasteiger charge is -2.33. The molecule has 4 rings (SSSR count). The van der Waals surface area contributed by atoms with Crippen molar-refractivity contribution in [2.45, 2.75) is 31.9 Å². The second-order valence-corrected chi connectivity index (χ2v) is 8.14. The number of rotatable bonds is 6. The minimum absolute atomic E-state index is 0.0109. The molecule has 0 saturated carbocycles. The van der Waals surface area contributed by atoms with Crippen LogP contribution in [0.3, 0.4) is 0 Å². The number of hydrogen-bond acceptors (Lipinski definition) is 4. The number of amides is 2. The predicted octanol–water partition coefficient (Wildman–Crippen LogP) is 3.41. The summed E-state index contributed by atoms with van der Waals surface area (Å²) in [6, 6.07) is 15.1. The average Bonchev–Trinajstić information content (AvgIpc) is 3.27. The average molecular weight is 428 g/mol. The summed E-state index contributed by atoms with van der Waals surface area (Å²) in [5.41, 5.74) is 1.64. The molecule has 2 aromatic rings. The van der Waals surface area contributed by atoms with E-state index >= 15 is 0 Å². The monoisotopic (exact) mass is 427 g/mol. The highest BCUT2D eigenvalue weighted by atomic mass is 35.5. The molecule has 30 heavy (non-hydrogen) atoms. The zero-order valence-corrected chi connectivity index (χ0v) is 17.8. The molecule has 0 aromatic heterocycles. The van der Waals surface area contributed by atoms with Crippen LogP contribution in [0.25, 0.3) is 0 Å². The molecule has 7 heteroatoms. The Kier molecular flexibility index (Phi) is 6.25. The number of ether oxygens (including phenoxy) is 1. The molecule has 2 atom stereocenters. The van der Waals surface area contributed by atoms with Crippen LogP contribution in [-0.4, -0.2) is 49.0 Å². The largest absolute Gasteiger partial charge is 0.479 e. The smallest absolute Gasteiger partial charge is 0.268 e. The van der Waals surface area contributed by atoms with Crippen LogP contribution in [-0.2, 0) is 9.59 Å². The maximum atomic E-state index is 12.8. The second-order valence-electron chi connectivity index (χ2n) is 7.74. The van der Waals surface area contributed by atoms with Gasteiger partial charge in [-0.15, -0.1) is 0 Å². The Hall–Kier alpha value is -2.57. The summed E-state index contributed by atoms with van der Waals surface area (Å²) in [6.45, 7) is 4.07. The third-order valence-electron chi connectivity index (χ3n) is 5.71. The molecular weight excluding hydrogens is 402 g/mol. The van der Waals surface area contributed by atoms with Gasteiger partial charge in [-0.25, -0.2) is 0 Å². The van der Waals surface area contributed by atoms with Crippen molar-refractivity contribution in [3.05, 3.63) is 59.1 Å². The SMILES string of the molecule is C[C@H]1Oc2ccccc2N(CC(=O)NC[C@@H](c2ccccc2Cl)N2CCCC2)C1=O. The van der Waals surface area contributed by atoms with Gasteiger partial charge in [0.1, 0.15) is 12.3 Å². The molecule has 2 amide bonds. The van der Waals surface area contributed by atoms with Crippen molar-refractivity contribution in [3.8, 4) is 5.75 Å². The molecule has 2 heterocycles. The normalized spacial score (nSPS) is 19.9. The molecule has 0 unspecified atom stereocenters. The third-order valence-corrected chi connectivity index (χ3v) is 6.06. The molecule has 2 aliphatic rings. The van der Waals surface area contributed by atoms with Gasteiger partial charge in [0.2, 0.25) is 5.91 Å². The van der Waals surface area contributed by atoms with Crippen molar-refractivity contribution >= 4 is 29.1 Å². The molecular formula is C23H26ClN3O3. The molecule has 1 fully saturated rings. The Morgan fingerprint density at radius 2 is 1.87 bits per heavy atom. The lowest BCUT2D eigenvalue weighted by molar-refractivity contribution is -0.128. The minimum atomic E-state index is -0.617. The van der Waals surface area contributed by atoms with Crippen LogP contribution >= 0.6 is 11.6 Å². The molecule has 0 spiro atoms. The van der Waals surface area contributed by atoms with Crippen LogP contribution < -0.4 is 15.0 Å².